The molecule has 0 spiro atoms. The van der Waals surface area contributed by atoms with Gasteiger partial charge in [-0.25, -0.2) is 0 Å². The van der Waals surface area contributed by atoms with Gasteiger partial charge in [0.05, 0.1) is 12.7 Å². The van der Waals surface area contributed by atoms with E-state index in [-0.39, 0.29) is 17.5 Å². The Hall–Kier alpha value is -2.07. The number of rotatable bonds is 4. The van der Waals surface area contributed by atoms with Gasteiger partial charge in [0.25, 0.3) is 0 Å². The van der Waals surface area contributed by atoms with Gasteiger partial charge in [0.15, 0.2) is 0 Å². The molecule has 150 valence electrons. The molecule has 0 aromatic heterocycles. The minimum Gasteiger partial charge on any atom is -0.497 e. The van der Waals surface area contributed by atoms with Crippen LogP contribution in [0.3, 0.4) is 0 Å². The summed E-state index contributed by atoms with van der Waals surface area (Å²) < 4.78 is 11.1. The zero-order valence-electron chi connectivity index (χ0n) is 17.1. The first kappa shape index (κ1) is 19.3. The molecule has 0 radical (unpaired) electrons. The number of carbonyl (C=O) groups is 1. The van der Waals surface area contributed by atoms with E-state index in [9.17, 15) is 9.90 Å². The summed E-state index contributed by atoms with van der Waals surface area (Å²) in [7, 11) is 1.68. The predicted octanol–water partition coefficient (Wildman–Crippen LogP) is 4.45. The van der Waals surface area contributed by atoms with Crippen molar-refractivity contribution in [2.45, 2.75) is 64.1 Å². The Morgan fingerprint density at radius 3 is 2.82 bits per heavy atom. The van der Waals surface area contributed by atoms with Gasteiger partial charge in [-0.2, -0.15) is 0 Å². The molecule has 0 heterocycles. The van der Waals surface area contributed by atoms with Gasteiger partial charge in [0, 0.05) is 12.3 Å². The van der Waals surface area contributed by atoms with Crippen molar-refractivity contribution in [1.29, 1.82) is 0 Å². The van der Waals surface area contributed by atoms with Crippen molar-refractivity contribution in [1.82, 2.24) is 0 Å². The third-order valence-electron chi connectivity index (χ3n) is 7.17. The maximum atomic E-state index is 11.9. The van der Waals surface area contributed by atoms with Gasteiger partial charge in [-0.3, -0.25) is 4.79 Å². The Labute approximate surface area is 167 Å². The van der Waals surface area contributed by atoms with E-state index >= 15 is 0 Å². The molecule has 1 fully saturated rings. The predicted molar refractivity (Wildman–Crippen MR) is 109 cm³/mol. The maximum absolute atomic E-state index is 11.9. The fraction of sp³-hybridized carbons (Fsp3) is 0.542. The number of esters is 1. The highest BCUT2D eigenvalue weighted by Crippen LogP contribution is 2.62. The highest BCUT2D eigenvalue weighted by Gasteiger charge is 2.58. The lowest BCUT2D eigenvalue weighted by molar-refractivity contribution is -0.154. The van der Waals surface area contributed by atoms with Crippen LogP contribution < -0.4 is 4.74 Å². The zero-order valence-corrected chi connectivity index (χ0v) is 17.1. The van der Waals surface area contributed by atoms with Crippen LogP contribution in [-0.4, -0.2) is 29.9 Å². The molecule has 0 amide bonds. The van der Waals surface area contributed by atoms with E-state index in [1.54, 1.807) is 7.11 Å². The highest BCUT2D eigenvalue weighted by atomic mass is 16.5. The van der Waals surface area contributed by atoms with Crippen LogP contribution in [-0.2, 0) is 16.0 Å². The van der Waals surface area contributed by atoms with Crippen LogP contribution in [0.15, 0.2) is 36.4 Å². The Kier molecular flexibility index (Phi) is 4.65. The molecular weight excluding hydrogens is 352 g/mol. The summed E-state index contributed by atoms with van der Waals surface area (Å²) in [5, 5.41) is 11.9. The molecule has 0 aliphatic heterocycles. The molecule has 1 unspecified atom stereocenters. The molecule has 4 rings (SSSR count). The Bertz CT molecular complexity index is 854. The number of carbonyl (C=O) groups excluding carboxylic acids is 1. The van der Waals surface area contributed by atoms with Crippen molar-refractivity contribution in [2.24, 2.45) is 11.3 Å². The maximum Gasteiger partial charge on any atom is 0.302 e. The molecular formula is C24H30O4. The summed E-state index contributed by atoms with van der Waals surface area (Å²) in [6.07, 6.45) is 6.48. The van der Waals surface area contributed by atoms with Crippen LogP contribution in [0.25, 0.3) is 5.57 Å². The van der Waals surface area contributed by atoms with Crippen LogP contribution in [0.5, 0.6) is 5.75 Å². The smallest absolute Gasteiger partial charge is 0.302 e. The molecule has 4 atom stereocenters. The fourth-order valence-electron chi connectivity index (χ4n) is 6.15. The van der Waals surface area contributed by atoms with Crippen molar-refractivity contribution in [3.8, 4) is 5.75 Å². The first-order valence-electron chi connectivity index (χ1n) is 10.2. The van der Waals surface area contributed by atoms with E-state index < -0.39 is 5.60 Å². The second kappa shape index (κ2) is 6.77. The van der Waals surface area contributed by atoms with E-state index in [4.69, 9.17) is 9.47 Å². The quantitative estimate of drug-likeness (QED) is 0.617. The summed E-state index contributed by atoms with van der Waals surface area (Å²) in [4.78, 5) is 11.7. The molecule has 4 nitrogen and oxygen atoms in total. The number of fused-ring (bicyclic) bond motifs is 4. The van der Waals surface area contributed by atoms with Crippen LogP contribution in [0, 0.1) is 11.3 Å². The minimum atomic E-state index is -0.991. The number of hydrogen-bond donors (Lipinski definition) is 1. The monoisotopic (exact) mass is 382 g/mol. The van der Waals surface area contributed by atoms with E-state index in [2.05, 4.69) is 25.6 Å². The number of hydrogen-bond acceptors (Lipinski definition) is 4. The van der Waals surface area contributed by atoms with Gasteiger partial charge in [0.1, 0.15) is 11.9 Å². The number of allylic oxidation sites excluding steroid dienone is 1. The average Bonchev–Trinajstić information content (AvgIpc) is 2.95. The summed E-state index contributed by atoms with van der Waals surface area (Å²) in [6, 6.07) is 6.17. The summed E-state index contributed by atoms with van der Waals surface area (Å²) in [5.41, 5.74) is 3.58. The van der Waals surface area contributed by atoms with Crippen molar-refractivity contribution < 1.29 is 19.4 Å². The van der Waals surface area contributed by atoms with Crippen molar-refractivity contribution in [3.63, 3.8) is 0 Å². The lowest BCUT2D eigenvalue weighted by atomic mass is 9.56. The Morgan fingerprint density at radius 2 is 2.14 bits per heavy atom. The van der Waals surface area contributed by atoms with Gasteiger partial charge in [0.2, 0.25) is 0 Å². The van der Waals surface area contributed by atoms with Gasteiger partial charge >= 0.3 is 5.97 Å². The SMILES string of the molecule is C=CCC1(O)C[C@]2(C)[C@@H](OC(C)=O)CC[C@H]2C2=C1c1ccc(OC)cc1CC2. The second-order valence-electron chi connectivity index (χ2n) is 8.86. The van der Waals surface area contributed by atoms with E-state index in [1.807, 2.05) is 12.1 Å². The molecule has 3 aliphatic carbocycles. The summed E-state index contributed by atoms with van der Waals surface area (Å²) >= 11 is 0. The normalized spacial score (nSPS) is 33.6. The van der Waals surface area contributed by atoms with Gasteiger partial charge in [-0.05, 0) is 73.3 Å². The molecule has 28 heavy (non-hydrogen) atoms. The minimum absolute atomic E-state index is 0.141. The molecule has 1 N–H and O–H groups in total. The first-order valence-corrected chi connectivity index (χ1v) is 10.2. The lowest BCUT2D eigenvalue weighted by Gasteiger charge is -2.51. The lowest BCUT2D eigenvalue weighted by Crippen LogP contribution is -2.49. The molecule has 0 saturated heterocycles. The van der Waals surface area contributed by atoms with E-state index in [0.29, 0.717) is 18.8 Å². The molecule has 1 aromatic carbocycles. The summed E-state index contributed by atoms with van der Waals surface area (Å²) in [5.74, 6) is 0.957. The van der Waals surface area contributed by atoms with Gasteiger partial charge in [-0.1, -0.05) is 24.6 Å². The van der Waals surface area contributed by atoms with Crippen molar-refractivity contribution in [3.05, 3.63) is 47.6 Å². The Morgan fingerprint density at radius 1 is 1.36 bits per heavy atom. The van der Waals surface area contributed by atoms with E-state index in [1.165, 1.54) is 18.1 Å². The average molecular weight is 383 g/mol. The number of aryl methyl sites for hydroxylation is 1. The third kappa shape index (κ3) is 2.81. The molecule has 1 saturated carbocycles. The summed E-state index contributed by atoms with van der Waals surface area (Å²) in [6.45, 7) is 7.58. The zero-order chi connectivity index (χ0) is 20.1. The second-order valence-corrected chi connectivity index (χ2v) is 8.86. The highest BCUT2D eigenvalue weighted by molar-refractivity contribution is 5.81. The topological polar surface area (TPSA) is 55.8 Å². The number of aliphatic hydroxyl groups is 1. The largest absolute Gasteiger partial charge is 0.497 e. The van der Waals surface area contributed by atoms with Crippen molar-refractivity contribution in [2.75, 3.05) is 7.11 Å². The van der Waals surface area contributed by atoms with Crippen molar-refractivity contribution >= 4 is 11.5 Å². The van der Waals surface area contributed by atoms with Crippen LogP contribution in [0.1, 0.15) is 57.1 Å². The number of methoxy groups -OCH3 is 1. The fourth-order valence-corrected chi connectivity index (χ4v) is 6.15. The molecule has 0 bridgehead atoms. The van der Waals surface area contributed by atoms with E-state index in [0.717, 1.165) is 42.6 Å². The molecule has 3 aliphatic rings. The molecule has 4 heteroatoms. The van der Waals surface area contributed by atoms with Crippen LogP contribution in [0.2, 0.25) is 0 Å². The van der Waals surface area contributed by atoms with Gasteiger partial charge < -0.3 is 14.6 Å². The molecule has 1 aromatic rings. The van der Waals surface area contributed by atoms with Gasteiger partial charge in [-0.15, -0.1) is 6.58 Å². The van der Waals surface area contributed by atoms with Crippen LogP contribution >= 0.6 is 0 Å². The van der Waals surface area contributed by atoms with Crippen LogP contribution in [0.4, 0.5) is 0 Å². The standard InChI is InChI=1S/C24H30O4/c1-5-12-24(26)14-23(3)20(10-11-21(23)28-15(2)25)19-8-6-16-13-17(27-4)7-9-18(16)22(19)24/h5,7,9,13,20-21,26H,1,6,8,10-12,14H2,2-4H3/t20-,21-,23-,24?/m0/s1. The third-order valence-corrected chi connectivity index (χ3v) is 7.17. The number of benzene rings is 1. The Balaban J connectivity index is 1.86. The first-order chi connectivity index (χ1) is 13.3. The number of ether oxygens (including phenoxy) is 2.